The van der Waals surface area contributed by atoms with E-state index in [9.17, 15) is 14.0 Å². The molecule has 0 saturated heterocycles. The minimum Gasteiger partial charge on any atom is -0.352 e. The Hall–Kier alpha value is -3.02. The molecule has 0 spiro atoms. The number of aromatic nitrogens is 2. The zero-order valence-corrected chi connectivity index (χ0v) is 12.9. The number of halogens is 1. The molecule has 0 aliphatic heterocycles. The van der Waals surface area contributed by atoms with Crippen LogP contribution in [0.25, 0.3) is 10.9 Å². The summed E-state index contributed by atoms with van der Waals surface area (Å²) in [6.45, 7) is 0.630. The Balaban J connectivity index is 1.63. The minimum absolute atomic E-state index is 0.141. The standard InChI is InChI=1S/C18H16FN3O2/c19-14-5-3-4-13(10-14)11-20-18(24)8-9-22-16-7-2-1-6-15(16)17(23)12-21-22/h1-7,10,12H,8-9,11H2,(H,20,24). The third-order valence-corrected chi connectivity index (χ3v) is 3.69. The number of carbonyl (C=O) groups excluding carboxylic acids is 1. The average molecular weight is 325 g/mol. The Morgan fingerprint density at radius 3 is 2.83 bits per heavy atom. The predicted molar refractivity (Wildman–Crippen MR) is 88.9 cm³/mol. The maximum atomic E-state index is 13.1. The van der Waals surface area contributed by atoms with E-state index in [1.165, 1.54) is 18.3 Å². The van der Waals surface area contributed by atoms with Crippen LogP contribution in [0.3, 0.4) is 0 Å². The summed E-state index contributed by atoms with van der Waals surface area (Å²) in [5.74, 6) is -0.491. The van der Waals surface area contributed by atoms with Gasteiger partial charge in [0.25, 0.3) is 0 Å². The molecule has 1 heterocycles. The van der Waals surface area contributed by atoms with E-state index >= 15 is 0 Å². The summed E-state index contributed by atoms with van der Waals surface area (Å²) in [5, 5.41) is 7.41. The van der Waals surface area contributed by atoms with Gasteiger partial charge >= 0.3 is 0 Å². The van der Waals surface area contributed by atoms with Crippen LogP contribution in [0.5, 0.6) is 0 Å². The van der Waals surface area contributed by atoms with Crippen molar-refractivity contribution in [1.82, 2.24) is 15.1 Å². The predicted octanol–water partition coefficient (Wildman–Crippen LogP) is 2.24. The van der Waals surface area contributed by atoms with Crippen molar-refractivity contribution in [2.24, 2.45) is 0 Å². The summed E-state index contributed by atoms with van der Waals surface area (Å²) >= 11 is 0. The van der Waals surface area contributed by atoms with Crippen LogP contribution >= 0.6 is 0 Å². The molecule has 6 heteroatoms. The summed E-state index contributed by atoms with van der Waals surface area (Å²) in [6, 6.07) is 13.3. The smallest absolute Gasteiger partial charge is 0.222 e. The summed E-state index contributed by atoms with van der Waals surface area (Å²) in [4.78, 5) is 23.7. The summed E-state index contributed by atoms with van der Waals surface area (Å²) < 4.78 is 14.7. The van der Waals surface area contributed by atoms with Crippen LogP contribution in [0.4, 0.5) is 4.39 Å². The van der Waals surface area contributed by atoms with E-state index < -0.39 is 0 Å². The van der Waals surface area contributed by atoms with Gasteiger partial charge in [-0.15, -0.1) is 0 Å². The molecular weight excluding hydrogens is 309 g/mol. The molecule has 0 atom stereocenters. The van der Waals surface area contributed by atoms with Gasteiger partial charge in [0, 0.05) is 18.4 Å². The number of benzene rings is 2. The fourth-order valence-corrected chi connectivity index (χ4v) is 2.48. The third kappa shape index (κ3) is 3.65. The van der Waals surface area contributed by atoms with E-state index in [1.807, 2.05) is 6.07 Å². The molecule has 0 unspecified atom stereocenters. The van der Waals surface area contributed by atoms with Gasteiger partial charge in [-0.2, -0.15) is 5.10 Å². The summed E-state index contributed by atoms with van der Waals surface area (Å²) in [5.41, 5.74) is 1.26. The first-order valence-electron chi connectivity index (χ1n) is 7.59. The number of amides is 1. The van der Waals surface area contributed by atoms with Gasteiger partial charge in [0.15, 0.2) is 0 Å². The Labute approximate surface area is 137 Å². The van der Waals surface area contributed by atoms with Crippen LogP contribution in [0.15, 0.2) is 59.5 Å². The van der Waals surface area contributed by atoms with Gasteiger partial charge in [0.2, 0.25) is 11.3 Å². The number of hydrogen-bond donors (Lipinski definition) is 1. The second-order valence-electron chi connectivity index (χ2n) is 5.41. The number of nitrogens with one attached hydrogen (secondary N) is 1. The normalized spacial score (nSPS) is 10.7. The zero-order chi connectivity index (χ0) is 16.9. The molecule has 24 heavy (non-hydrogen) atoms. The Morgan fingerprint density at radius 1 is 1.17 bits per heavy atom. The lowest BCUT2D eigenvalue weighted by Crippen LogP contribution is -2.24. The monoisotopic (exact) mass is 325 g/mol. The van der Waals surface area contributed by atoms with Crippen LogP contribution in [-0.2, 0) is 17.9 Å². The number of nitrogens with zero attached hydrogens (tertiary/aromatic N) is 2. The largest absolute Gasteiger partial charge is 0.352 e. The molecule has 122 valence electrons. The topological polar surface area (TPSA) is 64.0 Å². The molecule has 0 fully saturated rings. The van der Waals surface area contributed by atoms with Crippen LogP contribution in [0.2, 0.25) is 0 Å². The summed E-state index contributed by atoms with van der Waals surface area (Å²) in [7, 11) is 0. The molecule has 0 bridgehead atoms. The van der Waals surface area contributed by atoms with Gasteiger partial charge in [-0.05, 0) is 29.8 Å². The van der Waals surface area contributed by atoms with Crippen molar-refractivity contribution in [3.63, 3.8) is 0 Å². The molecule has 1 aromatic heterocycles. The van der Waals surface area contributed by atoms with Crippen LogP contribution in [0.1, 0.15) is 12.0 Å². The number of rotatable bonds is 5. The molecule has 0 saturated carbocycles. The quantitative estimate of drug-likeness (QED) is 0.782. The fraction of sp³-hybridized carbons (Fsp3) is 0.167. The lowest BCUT2D eigenvalue weighted by atomic mass is 10.2. The fourth-order valence-electron chi connectivity index (χ4n) is 2.48. The van der Waals surface area contributed by atoms with Crippen molar-refractivity contribution < 1.29 is 9.18 Å². The van der Waals surface area contributed by atoms with Gasteiger partial charge < -0.3 is 5.32 Å². The zero-order valence-electron chi connectivity index (χ0n) is 12.9. The van der Waals surface area contributed by atoms with E-state index in [0.717, 1.165) is 0 Å². The highest BCUT2D eigenvalue weighted by molar-refractivity contribution is 5.79. The Bertz CT molecular complexity index is 937. The molecule has 0 radical (unpaired) electrons. The Kier molecular flexibility index (Phi) is 4.65. The second-order valence-corrected chi connectivity index (χ2v) is 5.41. The van der Waals surface area contributed by atoms with Crippen molar-refractivity contribution in [3.05, 3.63) is 76.3 Å². The van der Waals surface area contributed by atoms with Crippen molar-refractivity contribution in [3.8, 4) is 0 Å². The van der Waals surface area contributed by atoms with Crippen molar-refractivity contribution in [2.75, 3.05) is 0 Å². The van der Waals surface area contributed by atoms with Gasteiger partial charge in [0.05, 0.1) is 18.3 Å². The van der Waals surface area contributed by atoms with Gasteiger partial charge in [-0.25, -0.2) is 4.39 Å². The molecule has 1 amide bonds. The maximum absolute atomic E-state index is 13.1. The van der Waals surface area contributed by atoms with Gasteiger partial charge in [-0.1, -0.05) is 24.3 Å². The molecule has 0 aliphatic rings. The summed E-state index contributed by atoms with van der Waals surface area (Å²) in [6.07, 6.45) is 1.47. The number of carbonyl (C=O) groups is 1. The minimum atomic E-state index is -0.328. The number of fused-ring (bicyclic) bond motifs is 1. The second kappa shape index (κ2) is 7.04. The number of aryl methyl sites for hydroxylation is 1. The number of hydrogen-bond acceptors (Lipinski definition) is 3. The van der Waals surface area contributed by atoms with Gasteiger partial charge in [0.1, 0.15) is 5.82 Å². The average Bonchev–Trinajstić information content (AvgIpc) is 2.60. The van der Waals surface area contributed by atoms with E-state index in [-0.39, 0.29) is 30.1 Å². The van der Waals surface area contributed by atoms with Gasteiger partial charge in [-0.3, -0.25) is 14.3 Å². The maximum Gasteiger partial charge on any atom is 0.222 e. The van der Waals surface area contributed by atoms with Crippen LogP contribution in [-0.4, -0.2) is 15.7 Å². The van der Waals surface area contributed by atoms with Crippen LogP contribution < -0.4 is 10.7 Å². The highest BCUT2D eigenvalue weighted by atomic mass is 19.1. The Morgan fingerprint density at radius 2 is 2.00 bits per heavy atom. The van der Waals surface area contributed by atoms with E-state index in [0.29, 0.717) is 23.0 Å². The molecule has 3 rings (SSSR count). The molecule has 1 N–H and O–H groups in total. The SMILES string of the molecule is O=C(CCn1ncc(=O)c2ccccc21)NCc1cccc(F)c1. The van der Waals surface area contributed by atoms with Crippen molar-refractivity contribution >= 4 is 16.8 Å². The molecule has 3 aromatic rings. The molecule has 0 aliphatic carbocycles. The first-order valence-corrected chi connectivity index (χ1v) is 7.59. The van der Waals surface area contributed by atoms with E-state index in [4.69, 9.17) is 0 Å². The molecule has 2 aromatic carbocycles. The van der Waals surface area contributed by atoms with Crippen molar-refractivity contribution in [1.29, 1.82) is 0 Å². The van der Waals surface area contributed by atoms with E-state index in [1.54, 1.807) is 35.0 Å². The first-order chi connectivity index (χ1) is 11.6. The number of para-hydroxylation sites is 1. The highest BCUT2D eigenvalue weighted by Gasteiger charge is 2.06. The highest BCUT2D eigenvalue weighted by Crippen LogP contribution is 2.08. The molecular formula is C18H16FN3O2. The lowest BCUT2D eigenvalue weighted by Gasteiger charge is -2.09. The first kappa shape index (κ1) is 15.9. The molecule has 5 nitrogen and oxygen atoms in total. The lowest BCUT2D eigenvalue weighted by molar-refractivity contribution is -0.121. The third-order valence-electron chi connectivity index (χ3n) is 3.69. The van der Waals surface area contributed by atoms with Crippen LogP contribution in [0, 0.1) is 5.82 Å². The van der Waals surface area contributed by atoms with E-state index in [2.05, 4.69) is 10.4 Å². The van der Waals surface area contributed by atoms with Crippen molar-refractivity contribution in [2.45, 2.75) is 19.5 Å².